The zero-order chi connectivity index (χ0) is 13.0. The standard InChI is InChI=1S/C13H14BrClN2S/c1-2-17-12(10-6-13(14)18-8-10)5-9-3-4-16-7-11(9)15/h3-4,6-8,12,17H,2,5H2,1H3. The number of likely N-dealkylation sites (N-methyl/N-ethyl adjacent to an activating group) is 1. The van der Waals surface area contributed by atoms with Gasteiger partial charge in [-0.3, -0.25) is 4.98 Å². The molecule has 0 saturated carbocycles. The molecule has 96 valence electrons. The number of pyridine rings is 1. The second kappa shape index (κ2) is 6.66. The fraction of sp³-hybridized carbons (Fsp3) is 0.308. The average Bonchev–Trinajstić information content (AvgIpc) is 2.78. The lowest BCUT2D eigenvalue weighted by Gasteiger charge is -2.17. The Morgan fingerprint density at radius 3 is 3.00 bits per heavy atom. The number of aromatic nitrogens is 1. The topological polar surface area (TPSA) is 24.9 Å². The number of nitrogens with zero attached hydrogens (tertiary/aromatic N) is 1. The number of halogens is 2. The van der Waals surface area contributed by atoms with Crippen LogP contribution in [-0.4, -0.2) is 11.5 Å². The van der Waals surface area contributed by atoms with E-state index in [1.54, 1.807) is 23.7 Å². The monoisotopic (exact) mass is 344 g/mol. The maximum atomic E-state index is 6.16. The van der Waals surface area contributed by atoms with Gasteiger partial charge in [0.15, 0.2) is 0 Å². The van der Waals surface area contributed by atoms with Crippen molar-refractivity contribution in [3.63, 3.8) is 0 Å². The average molecular weight is 346 g/mol. The quantitative estimate of drug-likeness (QED) is 0.866. The zero-order valence-electron chi connectivity index (χ0n) is 9.99. The first-order valence-electron chi connectivity index (χ1n) is 5.76. The molecule has 0 saturated heterocycles. The van der Waals surface area contributed by atoms with E-state index in [0.717, 1.165) is 27.3 Å². The summed E-state index contributed by atoms with van der Waals surface area (Å²) < 4.78 is 1.15. The van der Waals surface area contributed by atoms with Crippen LogP contribution in [-0.2, 0) is 6.42 Å². The highest BCUT2D eigenvalue weighted by Crippen LogP contribution is 2.28. The number of hydrogen-bond donors (Lipinski definition) is 1. The van der Waals surface area contributed by atoms with Gasteiger partial charge in [-0.15, -0.1) is 11.3 Å². The van der Waals surface area contributed by atoms with Crippen LogP contribution in [0, 0.1) is 0 Å². The molecule has 0 radical (unpaired) electrons. The molecule has 0 bridgehead atoms. The van der Waals surface area contributed by atoms with Crippen molar-refractivity contribution >= 4 is 38.9 Å². The van der Waals surface area contributed by atoms with E-state index < -0.39 is 0 Å². The number of nitrogens with one attached hydrogen (secondary N) is 1. The maximum Gasteiger partial charge on any atom is 0.0701 e. The van der Waals surface area contributed by atoms with Crippen LogP contribution in [0.2, 0.25) is 5.02 Å². The molecule has 2 rings (SSSR count). The predicted octanol–water partition coefficient (Wildman–Crippen LogP) is 4.45. The van der Waals surface area contributed by atoms with Crippen molar-refractivity contribution in [2.24, 2.45) is 0 Å². The lowest BCUT2D eigenvalue weighted by atomic mass is 10.0. The minimum atomic E-state index is 0.289. The Kier molecular flexibility index (Phi) is 5.18. The highest BCUT2D eigenvalue weighted by Gasteiger charge is 2.14. The molecule has 0 aliphatic rings. The summed E-state index contributed by atoms with van der Waals surface area (Å²) in [5, 5.41) is 6.40. The molecular formula is C13H14BrClN2S. The first-order chi connectivity index (χ1) is 8.70. The van der Waals surface area contributed by atoms with Gasteiger partial charge in [0.1, 0.15) is 0 Å². The molecule has 0 aromatic carbocycles. The molecule has 1 atom stereocenters. The molecule has 5 heteroatoms. The fourth-order valence-electron chi connectivity index (χ4n) is 1.85. The molecule has 0 amide bonds. The van der Waals surface area contributed by atoms with Crippen molar-refractivity contribution in [3.05, 3.63) is 49.8 Å². The molecule has 2 aromatic heterocycles. The van der Waals surface area contributed by atoms with Crippen molar-refractivity contribution in [1.82, 2.24) is 10.3 Å². The summed E-state index contributed by atoms with van der Waals surface area (Å²) in [6.07, 6.45) is 4.36. The van der Waals surface area contributed by atoms with E-state index in [4.69, 9.17) is 11.6 Å². The molecule has 1 N–H and O–H groups in total. The zero-order valence-corrected chi connectivity index (χ0v) is 13.1. The van der Waals surface area contributed by atoms with Crippen molar-refractivity contribution in [2.75, 3.05) is 6.54 Å². The first-order valence-corrected chi connectivity index (χ1v) is 7.81. The Morgan fingerprint density at radius 2 is 2.39 bits per heavy atom. The van der Waals surface area contributed by atoms with Crippen molar-refractivity contribution in [2.45, 2.75) is 19.4 Å². The SMILES string of the molecule is CCNC(Cc1ccncc1Cl)c1csc(Br)c1. The third-order valence-electron chi connectivity index (χ3n) is 2.72. The number of thiophene rings is 1. The molecule has 0 spiro atoms. The summed E-state index contributed by atoms with van der Waals surface area (Å²) in [5.74, 6) is 0. The first kappa shape index (κ1) is 14.0. The Balaban J connectivity index is 2.19. The van der Waals surface area contributed by atoms with E-state index in [-0.39, 0.29) is 6.04 Å². The molecule has 0 aliphatic heterocycles. The van der Waals surface area contributed by atoms with Gasteiger partial charge in [0.05, 0.1) is 8.81 Å². The normalized spacial score (nSPS) is 12.6. The van der Waals surface area contributed by atoms with E-state index in [9.17, 15) is 0 Å². The molecule has 0 aliphatic carbocycles. The van der Waals surface area contributed by atoms with Crippen LogP contribution >= 0.6 is 38.9 Å². The van der Waals surface area contributed by atoms with Gasteiger partial charge in [0.2, 0.25) is 0 Å². The molecule has 2 nitrogen and oxygen atoms in total. The van der Waals surface area contributed by atoms with Gasteiger partial charge in [0, 0.05) is 18.4 Å². The van der Waals surface area contributed by atoms with Gasteiger partial charge in [-0.2, -0.15) is 0 Å². The van der Waals surface area contributed by atoms with E-state index in [0.29, 0.717) is 0 Å². The summed E-state index contributed by atoms with van der Waals surface area (Å²) in [6, 6.07) is 4.43. The third kappa shape index (κ3) is 3.54. The molecule has 0 fully saturated rings. The smallest absolute Gasteiger partial charge is 0.0701 e. The van der Waals surface area contributed by atoms with E-state index in [1.807, 2.05) is 6.07 Å². The third-order valence-corrected chi connectivity index (χ3v) is 4.58. The summed E-state index contributed by atoms with van der Waals surface area (Å²) in [6.45, 7) is 3.05. The lowest BCUT2D eigenvalue weighted by Crippen LogP contribution is -2.22. The Hall–Kier alpha value is -0.420. The van der Waals surface area contributed by atoms with Crippen LogP contribution in [0.5, 0.6) is 0 Å². The molecule has 2 heterocycles. The lowest BCUT2D eigenvalue weighted by molar-refractivity contribution is 0.551. The van der Waals surface area contributed by atoms with E-state index >= 15 is 0 Å². The Labute approximate surface area is 125 Å². The Bertz CT molecular complexity index is 515. The van der Waals surface area contributed by atoms with Crippen LogP contribution < -0.4 is 5.32 Å². The molecule has 2 aromatic rings. The predicted molar refractivity (Wildman–Crippen MR) is 81.4 cm³/mol. The summed E-state index contributed by atoms with van der Waals surface area (Å²) >= 11 is 11.4. The van der Waals surface area contributed by atoms with Gasteiger partial charge in [-0.25, -0.2) is 0 Å². The van der Waals surface area contributed by atoms with Gasteiger partial charge < -0.3 is 5.32 Å². The number of rotatable bonds is 5. The maximum absolute atomic E-state index is 6.16. The summed E-state index contributed by atoms with van der Waals surface area (Å²) in [4.78, 5) is 4.02. The molecular weight excluding hydrogens is 332 g/mol. The highest BCUT2D eigenvalue weighted by atomic mass is 79.9. The van der Waals surface area contributed by atoms with Crippen LogP contribution in [0.3, 0.4) is 0 Å². The summed E-state index contributed by atoms with van der Waals surface area (Å²) in [5.41, 5.74) is 2.42. The Morgan fingerprint density at radius 1 is 1.56 bits per heavy atom. The second-order valence-electron chi connectivity index (χ2n) is 3.97. The van der Waals surface area contributed by atoms with Gasteiger partial charge in [-0.1, -0.05) is 18.5 Å². The van der Waals surface area contributed by atoms with Crippen LogP contribution in [0.4, 0.5) is 0 Å². The van der Waals surface area contributed by atoms with Crippen LogP contribution in [0.1, 0.15) is 24.1 Å². The van der Waals surface area contributed by atoms with Crippen LogP contribution in [0.15, 0.2) is 33.7 Å². The fourth-order valence-corrected chi connectivity index (χ4v) is 3.28. The van der Waals surface area contributed by atoms with Crippen LogP contribution in [0.25, 0.3) is 0 Å². The van der Waals surface area contributed by atoms with Crippen molar-refractivity contribution < 1.29 is 0 Å². The van der Waals surface area contributed by atoms with Gasteiger partial charge in [0.25, 0.3) is 0 Å². The largest absolute Gasteiger partial charge is 0.310 e. The number of hydrogen-bond acceptors (Lipinski definition) is 3. The van der Waals surface area contributed by atoms with Gasteiger partial charge in [-0.05, 0) is 57.5 Å². The summed E-state index contributed by atoms with van der Waals surface area (Å²) in [7, 11) is 0. The van der Waals surface area contributed by atoms with Gasteiger partial charge >= 0.3 is 0 Å². The molecule has 18 heavy (non-hydrogen) atoms. The van der Waals surface area contributed by atoms with E-state index in [1.165, 1.54) is 5.56 Å². The van der Waals surface area contributed by atoms with E-state index in [2.05, 4.69) is 44.6 Å². The second-order valence-corrected chi connectivity index (χ2v) is 6.66. The van der Waals surface area contributed by atoms with Crippen molar-refractivity contribution in [3.8, 4) is 0 Å². The minimum Gasteiger partial charge on any atom is -0.310 e. The molecule has 1 unspecified atom stereocenters. The minimum absolute atomic E-state index is 0.289. The highest BCUT2D eigenvalue weighted by molar-refractivity contribution is 9.11. The van der Waals surface area contributed by atoms with Crippen molar-refractivity contribution in [1.29, 1.82) is 0 Å².